The van der Waals surface area contributed by atoms with Crippen molar-refractivity contribution in [2.75, 3.05) is 26.4 Å². The lowest BCUT2D eigenvalue weighted by Crippen LogP contribution is -2.83. The first kappa shape index (κ1) is 24.9. The second-order valence-corrected chi connectivity index (χ2v) is 11.3. The minimum atomic E-state index is -4.49. The molecule has 1 aromatic rings. The third kappa shape index (κ3) is 4.57. The SMILES string of the molecule is CCCCCCCCCc1ccc(OCC2(C3(C4(S(=O)(=O)O)CCO4)CCO3)CCO2)cc1. The van der Waals surface area contributed by atoms with Crippen LogP contribution in [0.25, 0.3) is 0 Å². The van der Waals surface area contributed by atoms with Crippen LogP contribution in [0.3, 0.4) is 0 Å². The molecular formula is C25H38O7S. The van der Waals surface area contributed by atoms with Crippen LogP contribution in [0.5, 0.6) is 5.75 Å². The van der Waals surface area contributed by atoms with Crippen molar-refractivity contribution in [3.05, 3.63) is 29.8 Å². The van der Waals surface area contributed by atoms with Gasteiger partial charge in [0.05, 0.1) is 19.8 Å². The van der Waals surface area contributed by atoms with Gasteiger partial charge in [0, 0.05) is 19.3 Å². The number of aryl methyl sites for hydroxylation is 1. The molecule has 7 nitrogen and oxygen atoms in total. The van der Waals surface area contributed by atoms with E-state index in [0.717, 1.165) is 6.42 Å². The Kier molecular flexibility index (Phi) is 7.70. The lowest BCUT2D eigenvalue weighted by molar-refractivity contribution is -0.378. The van der Waals surface area contributed by atoms with Gasteiger partial charge >= 0.3 is 0 Å². The molecule has 1 aromatic carbocycles. The summed E-state index contributed by atoms with van der Waals surface area (Å²) in [4.78, 5) is -1.78. The summed E-state index contributed by atoms with van der Waals surface area (Å²) >= 11 is 0. The van der Waals surface area contributed by atoms with Gasteiger partial charge in [0.2, 0.25) is 4.93 Å². The van der Waals surface area contributed by atoms with Crippen molar-refractivity contribution in [2.45, 2.75) is 93.7 Å². The van der Waals surface area contributed by atoms with Crippen molar-refractivity contribution < 1.29 is 31.9 Å². The van der Waals surface area contributed by atoms with E-state index in [0.29, 0.717) is 31.8 Å². The number of benzene rings is 1. The summed E-state index contributed by atoms with van der Waals surface area (Å²) in [5.74, 6) is 0.707. The van der Waals surface area contributed by atoms with Crippen LogP contribution >= 0.6 is 0 Å². The molecule has 186 valence electrons. The molecule has 3 fully saturated rings. The Morgan fingerprint density at radius 3 is 1.91 bits per heavy atom. The molecule has 3 saturated heterocycles. The molecule has 1 N–H and O–H groups in total. The number of hydrogen-bond acceptors (Lipinski definition) is 6. The maximum atomic E-state index is 12.3. The first-order chi connectivity index (χ1) is 15.9. The van der Waals surface area contributed by atoms with Crippen molar-refractivity contribution in [3.8, 4) is 5.75 Å². The molecule has 3 heterocycles. The standard InChI is InChI=1S/C25H38O7S/c1-2-3-4-5-6-7-8-9-21-10-12-22(13-11-21)29-20-23(14-17-30-23)24(15-18-31-24)25(16-19-32-25)33(26,27)28/h10-13H,2-9,14-20H2,1H3,(H,26,27,28). The summed E-state index contributed by atoms with van der Waals surface area (Å²) in [7, 11) is -4.49. The maximum Gasteiger partial charge on any atom is 0.298 e. The Labute approximate surface area is 197 Å². The molecule has 3 aliphatic rings. The summed E-state index contributed by atoms with van der Waals surface area (Å²) in [6.45, 7) is 3.55. The minimum absolute atomic E-state index is 0.144. The number of hydrogen-bond donors (Lipinski definition) is 1. The van der Waals surface area contributed by atoms with Crippen molar-refractivity contribution in [3.63, 3.8) is 0 Å². The van der Waals surface area contributed by atoms with Gasteiger partial charge in [-0.25, -0.2) is 0 Å². The van der Waals surface area contributed by atoms with Gasteiger partial charge in [-0.05, 0) is 30.5 Å². The van der Waals surface area contributed by atoms with E-state index >= 15 is 0 Å². The fraction of sp³-hybridized carbons (Fsp3) is 0.760. The van der Waals surface area contributed by atoms with E-state index in [2.05, 4.69) is 19.1 Å². The molecule has 0 spiro atoms. The average molecular weight is 483 g/mol. The van der Waals surface area contributed by atoms with Gasteiger partial charge in [0.1, 0.15) is 23.6 Å². The van der Waals surface area contributed by atoms with Crippen LogP contribution in [-0.4, -0.2) is 55.5 Å². The summed E-state index contributed by atoms with van der Waals surface area (Å²) in [5, 5.41) is 0. The molecule has 0 aromatic heterocycles. The highest BCUT2D eigenvalue weighted by molar-refractivity contribution is 7.87. The van der Waals surface area contributed by atoms with Crippen LogP contribution < -0.4 is 4.74 Å². The number of unbranched alkanes of at least 4 members (excludes halogenated alkanes) is 6. The molecule has 3 atom stereocenters. The Morgan fingerprint density at radius 1 is 0.879 bits per heavy atom. The summed E-state index contributed by atoms with van der Waals surface area (Å²) in [6, 6.07) is 8.08. The lowest BCUT2D eigenvalue weighted by atomic mass is 9.67. The molecule has 3 unspecified atom stereocenters. The molecule has 33 heavy (non-hydrogen) atoms. The van der Waals surface area contributed by atoms with Crippen molar-refractivity contribution in [1.82, 2.24) is 0 Å². The van der Waals surface area contributed by atoms with Gasteiger partial charge in [-0.15, -0.1) is 0 Å². The van der Waals surface area contributed by atoms with Crippen LogP contribution in [-0.2, 0) is 30.7 Å². The largest absolute Gasteiger partial charge is 0.490 e. The van der Waals surface area contributed by atoms with Gasteiger partial charge in [0.15, 0.2) is 0 Å². The molecule has 3 aliphatic heterocycles. The smallest absolute Gasteiger partial charge is 0.298 e. The zero-order valence-corrected chi connectivity index (χ0v) is 20.5. The van der Waals surface area contributed by atoms with Gasteiger partial charge in [-0.1, -0.05) is 57.6 Å². The second kappa shape index (κ2) is 10.2. The van der Waals surface area contributed by atoms with Gasteiger partial charge in [0.25, 0.3) is 10.1 Å². The third-order valence-corrected chi connectivity index (χ3v) is 9.17. The van der Waals surface area contributed by atoms with Gasteiger partial charge in [-0.3, -0.25) is 4.55 Å². The average Bonchev–Trinajstić information content (AvgIpc) is 2.68. The zero-order chi connectivity index (χ0) is 23.4. The normalized spacial score (nSPS) is 31.3. The predicted octanol–water partition coefficient (Wildman–Crippen LogP) is 4.68. The monoisotopic (exact) mass is 482 g/mol. The fourth-order valence-corrected chi connectivity index (χ4v) is 6.80. The molecule has 0 amide bonds. The predicted molar refractivity (Wildman–Crippen MR) is 125 cm³/mol. The number of ether oxygens (including phenoxy) is 4. The van der Waals surface area contributed by atoms with Crippen LogP contribution in [0.2, 0.25) is 0 Å². The molecule has 0 saturated carbocycles. The van der Waals surface area contributed by atoms with Crippen molar-refractivity contribution >= 4 is 10.1 Å². The van der Waals surface area contributed by atoms with E-state index in [1.807, 2.05) is 12.1 Å². The quantitative estimate of drug-likeness (QED) is 0.304. The van der Waals surface area contributed by atoms with E-state index < -0.39 is 26.3 Å². The first-order valence-electron chi connectivity index (χ1n) is 12.5. The van der Waals surface area contributed by atoms with E-state index in [4.69, 9.17) is 18.9 Å². The van der Waals surface area contributed by atoms with Crippen LogP contribution in [0, 0.1) is 0 Å². The van der Waals surface area contributed by atoms with Crippen LogP contribution in [0.15, 0.2) is 24.3 Å². The zero-order valence-electron chi connectivity index (χ0n) is 19.7. The van der Waals surface area contributed by atoms with E-state index in [-0.39, 0.29) is 19.6 Å². The summed E-state index contributed by atoms with van der Waals surface area (Å²) in [5.41, 5.74) is -0.920. The topological polar surface area (TPSA) is 91.3 Å². The Balaban J connectivity index is 1.33. The summed E-state index contributed by atoms with van der Waals surface area (Å²) in [6.07, 6.45) is 11.3. The van der Waals surface area contributed by atoms with Gasteiger partial charge in [-0.2, -0.15) is 8.42 Å². The van der Waals surface area contributed by atoms with Crippen LogP contribution in [0.1, 0.15) is 76.7 Å². The first-order valence-corrected chi connectivity index (χ1v) is 13.9. The fourth-order valence-electron chi connectivity index (χ4n) is 5.47. The Bertz CT molecular complexity index is 869. The number of rotatable bonds is 14. The minimum Gasteiger partial charge on any atom is -0.490 e. The molecule has 8 heteroatoms. The Morgan fingerprint density at radius 2 is 1.45 bits per heavy atom. The molecule has 0 bridgehead atoms. The summed E-state index contributed by atoms with van der Waals surface area (Å²) < 4.78 is 58.0. The molecular weight excluding hydrogens is 444 g/mol. The lowest BCUT2D eigenvalue weighted by Gasteiger charge is -2.65. The Hall–Kier alpha value is -1.19. The van der Waals surface area contributed by atoms with E-state index in [9.17, 15) is 13.0 Å². The van der Waals surface area contributed by atoms with E-state index in [1.165, 1.54) is 50.5 Å². The van der Waals surface area contributed by atoms with Crippen molar-refractivity contribution in [2.24, 2.45) is 0 Å². The highest BCUT2D eigenvalue weighted by Crippen LogP contribution is 2.59. The van der Waals surface area contributed by atoms with E-state index in [1.54, 1.807) is 0 Å². The third-order valence-electron chi connectivity index (χ3n) is 7.69. The highest BCUT2D eigenvalue weighted by Gasteiger charge is 2.78. The van der Waals surface area contributed by atoms with Gasteiger partial charge < -0.3 is 18.9 Å². The molecule has 4 rings (SSSR count). The van der Waals surface area contributed by atoms with Crippen LogP contribution in [0.4, 0.5) is 0 Å². The van der Waals surface area contributed by atoms with Crippen molar-refractivity contribution in [1.29, 1.82) is 0 Å². The maximum absolute atomic E-state index is 12.3. The molecule has 0 aliphatic carbocycles. The second-order valence-electron chi connectivity index (χ2n) is 9.65. The highest BCUT2D eigenvalue weighted by atomic mass is 32.2. The molecule has 0 radical (unpaired) electrons.